The number of thioether (sulfide) groups is 2. The highest BCUT2D eigenvalue weighted by molar-refractivity contribution is 8.19. The monoisotopic (exact) mass is 398 g/mol. The number of carbonyl (C=O) groups is 1. The molecule has 1 aromatic heterocycles. The lowest BCUT2D eigenvalue weighted by atomic mass is 10.1. The van der Waals surface area contributed by atoms with Crippen molar-refractivity contribution in [2.24, 2.45) is 0 Å². The second-order valence-electron chi connectivity index (χ2n) is 6.36. The first-order chi connectivity index (χ1) is 13.1. The van der Waals surface area contributed by atoms with Crippen LogP contribution in [0.5, 0.6) is 0 Å². The van der Waals surface area contributed by atoms with E-state index in [0.717, 1.165) is 22.5 Å². The quantitative estimate of drug-likeness (QED) is 0.458. The Kier molecular flexibility index (Phi) is 5.27. The van der Waals surface area contributed by atoms with Gasteiger partial charge >= 0.3 is 11.6 Å². The van der Waals surface area contributed by atoms with Crippen LogP contribution in [0.25, 0.3) is 11.0 Å². The van der Waals surface area contributed by atoms with Gasteiger partial charge in [0.15, 0.2) is 0 Å². The van der Waals surface area contributed by atoms with Gasteiger partial charge in [-0.1, -0.05) is 24.3 Å². The van der Waals surface area contributed by atoms with Gasteiger partial charge in [-0.15, -0.1) is 23.5 Å². The Morgan fingerprint density at radius 3 is 2.59 bits per heavy atom. The molecule has 1 fully saturated rings. The zero-order chi connectivity index (χ0) is 18.8. The number of carbonyl (C=O) groups excluding carboxylic acids is 1. The van der Waals surface area contributed by atoms with Crippen LogP contribution in [0.15, 0.2) is 57.7 Å². The maximum Gasteiger partial charge on any atom is 0.338 e. The van der Waals surface area contributed by atoms with Gasteiger partial charge in [-0.25, -0.2) is 9.59 Å². The van der Waals surface area contributed by atoms with Crippen molar-refractivity contribution in [3.8, 4) is 0 Å². The fourth-order valence-corrected chi connectivity index (χ4v) is 5.87. The summed E-state index contributed by atoms with van der Waals surface area (Å²) in [4.78, 5) is 24.2. The van der Waals surface area contributed by atoms with Crippen molar-refractivity contribution in [1.82, 2.24) is 0 Å². The van der Waals surface area contributed by atoms with Gasteiger partial charge in [0.05, 0.1) is 10.1 Å². The number of rotatable bonds is 4. The van der Waals surface area contributed by atoms with Crippen LogP contribution in [-0.2, 0) is 11.3 Å². The molecule has 4 nitrogen and oxygen atoms in total. The molecule has 6 heteroatoms. The normalized spacial score (nSPS) is 14.6. The highest BCUT2D eigenvalue weighted by Gasteiger charge is 2.19. The van der Waals surface area contributed by atoms with E-state index in [1.54, 1.807) is 18.2 Å². The van der Waals surface area contributed by atoms with E-state index < -0.39 is 11.6 Å². The fraction of sp³-hybridized carbons (Fsp3) is 0.238. The summed E-state index contributed by atoms with van der Waals surface area (Å²) in [5.41, 5.74) is 3.43. The second kappa shape index (κ2) is 7.82. The first kappa shape index (κ1) is 18.2. The molecule has 0 unspecified atom stereocenters. The molecule has 1 saturated heterocycles. The third-order valence-corrected chi connectivity index (χ3v) is 7.49. The van der Waals surface area contributed by atoms with Gasteiger partial charge in [-0.3, -0.25) is 0 Å². The Morgan fingerprint density at radius 2 is 1.85 bits per heavy atom. The molecule has 0 atom stereocenters. The van der Waals surface area contributed by atoms with Crippen LogP contribution in [-0.4, -0.2) is 17.5 Å². The van der Waals surface area contributed by atoms with Crippen LogP contribution in [0.1, 0.15) is 31.6 Å². The molecule has 2 heterocycles. The summed E-state index contributed by atoms with van der Waals surface area (Å²) in [6.45, 7) is 1.96. The summed E-state index contributed by atoms with van der Waals surface area (Å²) >= 11 is 3.86. The molecule has 0 N–H and O–H groups in total. The van der Waals surface area contributed by atoms with Gasteiger partial charge < -0.3 is 9.15 Å². The molecule has 2 aromatic carbocycles. The standard InChI is InChI=1S/C21H18O4S2/c1-13-2-7-17-16(11-19(22)25-18(17)10-13)12-24-20(23)14-3-5-15(6-4-14)21-26-8-9-27-21/h2-7,10-11,21H,8-9,12H2,1H3. The van der Waals surface area contributed by atoms with E-state index in [-0.39, 0.29) is 6.61 Å². The van der Waals surface area contributed by atoms with Crippen LogP contribution >= 0.6 is 23.5 Å². The lowest BCUT2D eigenvalue weighted by molar-refractivity contribution is 0.0474. The highest BCUT2D eigenvalue weighted by Crippen LogP contribution is 2.45. The van der Waals surface area contributed by atoms with Crippen LogP contribution in [0, 0.1) is 6.92 Å². The number of fused-ring (bicyclic) bond motifs is 1. The van der Waals surface area contributed by atoms with Crippen molar-refractivity contribution in [3.05, 3.63) is 81.2 Å². The van der Waals surface area contributed by atoms with Crippen molar-refractivity contribution in [3.63, 3.8) is 0 Å². The summed E-state index contributed by atoms with van der Waals surface area (Å²) in [6.07, 6.45) is 0. The van der Waals surface area contributed by atoms with Gasteiger partial charge in [-0.2, -0.15) is 0 Å². The zero-order valence-corrected chi connectivity index (χ0v) is 16.4. The minimum Gasteiger partial charge on any atom is -0.457 e. The SMILES string of the molecule is Cc1ccc2c(COC(=O)c3ccc(C4SCCS4)cc3)cc(=O)oc2c1. The molecule has 4 rings (SSSR count). The molecule has 0 amide bonds. The van der Waals surface area contributed by atoms with Crippen molar-refractivity contribution in [1.29, 1.82) is 0 Å². The molecule has 0 aliphatic carbocycles. The second-order valence-corrected chi connectivity index (χ2v) is 9.09. The van der Waals surface area contributed by atoms with Gasteiger partial charge in [0.25, 0.3) is 0 Å². The van der Waals surface area contributed by atoms with Gasteiger partial charge in [-0.05, 0) is 36.2 Å². The molecule has 0 saturated carbocycles. The summed E-state index contributed by atoms with van der Waals surface area (Å²) < 4.78 is 11.1. The molecular formula is C21H18O4S2. The number of hydrogen-bond acceptors (Lipinski definition) is 6. The van der Waals surface area contributed by atoms with E-state index in [4.69, 9.17) is 9.15 Å². The number of hydrogen-bond donors (Lipinski definition) is 0. The van der Waals surface area contributed by atoms with E-state index in [0.29, 0.717) is 21.3 Å². The summed E-state index contributed by atoms with van der Waals surface area (Å²) in [5, 5.41) is 0.777. The maximum absolute atomic E-state index is 12.4. The Balaban J connectivity index is 1.49. The van der Waals surface area contributed by atoms with E-state index in [1.165, 1.54) is 11.6 Å². The van der Waals surface area contributed by atoms with Crippen molar-refractivity contribution >= 4 is 40.5 Å². The molecule has 1 aliphatic rings. The first-order valence-electron chi connectivity index (χ1n) is 8.64. The molecular weight excluding hydrogens is 380 g/mol. The molecule has 27 heavy (non-hydrogen) atoms. The summed E-state index contributed by atoms with van der Waals surface area (Å²) in [7, 11) is 0. The lowest BCUT2D eigenvalue weighted by Crippen LogP contribution is -2.08. The van der Waals surface area contributed by atoms with E-state index >= 15 is 0 Å². The fourth-order valence-electron chi connectivity index (χ4n) is 3.01. The first-order valence-corrected chi connectivity index (χ1v) is 10.7. The van der Waals surface area contributed by atoms with Crippen LogP contribution in [0.2, 0.25) is 0 Å². The molecule has 0 bridgehead atoms. The predicted molar refractivity (Wildman–Crippen MR) is 110 cm³/mol. The summed E-state index contributed by atoms with van der Waals surface area (Å²) in [6, 6.07) is 14.6. The third kappa shape index (κ3) is 4.06. The lowest BCUT2D eigenvalue weighted by Gasteiger charge is -2.10. The smallest absolute Gasteiger partial charge is 0.338 e. The van der Waals surface area contributed by atoms with Crippen LogP contribution in [0.3, 0.4) is 0 Å². The average molecular weight is 399 g/mol. The number of aryl methyl sites for hydroxylation is 1. The van der Waals surface area contributed by atoms with E-state index in [1.807, 2.05) is 54.7 Å². The zero-order valence-electron chi connectivity index (χ0n) is 14.8. The van der Waals surface area contributed by atoms with Gasteiger partial charge in [0.1, 0.15) is 12.2 Å². The van der Waals surface area contributed by atoms with Crippen molar-refractivity contribution in [2.45, 2.75) is 18.1 Å². The largest absolute Gasteiger partial charge is 0.457 e. The summed E-state index contributed by atoms with van der Waals surface area (Å²) in [5.74, 6) is 1.93. The van der Waals surface area contributed by atoms with Crippen molar-refractivity contribution < 1.29 is 13.9 Å². The molecule has 0 spiro atoms. The minimum absolute atomic E-state index is 0.0279. The van der Waals surface area contributed by atoms with Crippen LogP contribution < -0.4 is 5.63 Å². The minimum atomic E-state index is -0.449. The topological polar surface area (TPSA) is 56.5 Å². The molecule has 138 valence electrons. The predicted octanol–water partition coefficient (Wildman–Crippen LogP) is 4.94. The maximum atomic E-state index is 12.4. The number of esters is 1. The molecule has 3 aromatic rings. The van der Waals surface area contributed by atoms with Gasteiger partial charge in [0, 0.05) is 28.5 Å². The Labute approximate surface area is 165 Å². The van der Waals surface area contributed by atoms with Crippen LogP contribution in [0.4, 0.5) is 0 Å². The average Bonchev–Trinajstić information content (AvgIpc) is 3.20. The van der Waals surface area contributed by atoms with Gasteiger partial charge in [0.2, 0.25) is 0 Å². The third-order valence-electron chi connectivity index (χ3n) is 4.38. The Hall–Kier alpha value is -2.18. The molecule has 1 aliphatic heterocycles. The van der Waals surface area contributed by atoms with Crippen molar-refractivity contribution in [2.75, 3.05) is 11.5 Å². The van der Waals surface area contributed by atoms with E-state index in [2.05, 4.69) is 0 Å². The Morgan fingerprint density at radius 1 is 1.11 bits per heavy atom. The van der Waals surface area contributed by atoms with E-state index in [9.17, 15) is 9.59 Å². The number of benzene rings is 2. The molecule has 0 radical (unpaired) electrons. The number of ether oxygens (including phenoxy) is 1. The Bertz CT molecular complexity index is 1030. The highest BCUT2D eigenvalue weighted by atomic mass is 32.2.